The first-order valence-electron chi connectivity index (χ1n) is 6.75. The lowest BCUT2D eigenvalue weighted by Crippen LogP contribution is -2.00. The van der Waals surface area contributed by atoms with Crippen LogP contribution in [-0.2, 0) is 18.2 Å². The summed E-state index contributed by atoms with van der Waals surface area (Å²) in [6, 6.07) is 6.14. The van der Waals surface area contributed by atoms with Crippen molar-refractivity contribution in [1.82, 2.24) is 9.78 Å². The molecule has 1 aromatic heterocycles. The van der Waals surface area contributed by atoms with Crippen LogP contribution in [-0.4, -0.2) is 30.6 Å². The first-order chi connectivity index (χ1) is 9.58. The topological polar surface area (TPSA) is 36.3 Å². The largest absolute Gasteiger partial charge is 0.497 e. The van der Waals surface area contributed by atoms with E-state index < -0.39 is 0 Å². The van der Waals surface area contributed by atoms with Crippen molar-refractivity contribution in [2.45, 2.75) is 20.3 Å². The molecule has 1 heterocycles. The van der Waals surface area contributed by atoms with Gasteiger partial charge in [-0.1, -0.05) is 0 Å². The van der Waals surface area contributed by atoms with E-state index >= 15 is 0 Å². The van der Waals surface area contributed by atoms with E-state index in [2.05, 4.69) is 24.2 Å². The van der Waals surface area contributed by atoms with Gasteiger partial charge in [-0.25, -0.2) is 0 Å². The first kappa shape index (κ1) is 14.6. The van der Waals surface area contributed by atoms with E-state index in [1.807, 2.05) is 24.7 Å². The number of aromatic nitrogens is 2. The number of rotatable bonds is 5. The zero-order valence-corrected chi connectivity index (χ0v) is 12.9. The van der Waals surface area contributed by atoms with Gasteiger partial charge < -0.3 is 9.47 Å². The van der Waals surface area contributed by atoms with E-state index in [0.717, 1.165) is 17.9 Å². The lowest BCUT2D eigenvalue weighted by Gasteiger charge is -2.11. The molecule has 0 radical (unpaired) electrons. The highest BCUT2D eigenvalue weighted by Crippen LogP contribution is 2.31. The predicted octanol–water partition coefficient (Wildman–Crippen LogP) is 2.90. The highest BCUT2D eigenvalue weighted by molar-refractivity contribution is 5.69. The molecule has 0 atom stereocenters. The summed E-state index contributed by atoms with van der Waals surface area (Å²) in [6.45, 7) is 4.85. The maximum absolute atomic E-state index is 5.27. The summed E-state index contributed by atoms with van der Waals surface area (Å²) in [5, 5.41) is 4.55. The van der Waals surface area contributed by atoms with Gasteiger partial charge in [-0.2, -0.15) is 5.10 Å². The molecule has 2 rings (SSSR count). The van der Waals surface area contributed by atoms with Crippen LogP contribution in [0.3, 0.4) is 0 Å². The molecule has 0 aliphatic rings. The second-order valence-corrected chi connectivity index (χ2v) is 4.96. The zero-order valence-electron chi connectivity index (χ0n) is 12.9. The standard InChI is InChI=1S/C16H22N2O2/c1-11-10-13(20-5)6-7-14(11)16-15(8-9-19-4)12(2)17-18(16)3/h6-7,10H,8-9H2,1-5H3. The van der Waals surface area contributed by atoms with Gasteiger partial charge in [0.1, 0.15) is 5.75 Å². The minimum absolute atomic E-state index is 0.703. The molecule has 20 heavy (non-hydrogen) atoms. The lowest BCUT2D eigenvalue weighted by molar-refractivity contribution is 0.202. The van der Waals surface area contributed by atoms with Gasteiger partial charge in [0.05, 0.1) is 25.1 Å². The number of benzene rings is 1. The highest BCUT2D eigenvalue weighted by atomic mass is 16.5. The number of aryl methyl sites for hydroxylation is 3. The monoisotopic (exact) mass is 274 g/mol. The summed E-state index contributed by atoms with van der Waals surface area (Å²) in [6.07, 6.45) is 0.872. The zero-order chi connectivity index (χ0) is 14.7. The minimum Gasteiger partial charge on any atom is -0.497 e. The Morgan fingerprint density at radius 3 is 2.55 bits per heavy atom. The molecule has 2 aromatic rings. The third-order valence-corrected chi connectivity index (χ3v) is 3.59. The van der Waals surface area contributed by atoms with Crippen molar-refractivity contribution in [2.24, 2.45) is 7.05 Å². The molecule has 0 fully saturated rings. The summed E-state index contributed by atoms with van der Waals surface area (Å²) in [4.78, 5) is 0. The maximum Gasteiger partial charge on any atom is 0.119 e. The van der Waals surface area contributed by atoms with E-state index in [1.54, 1.807) is 14.2 Å². The summed E-state index contributed by atoms with van der Waals surface area (Å²) in [7, 11) is 5.40. The van der Waals surface area contributed by atoms with Crippen LogP contribution >= 0.6 is 0 Å². The Balaban J connectivity index is 2.51. The normalized spacial score (nSPS) is 10.8. The molecule has 4 heteroatoms. The third-order valence-electron chi connectivity index (χ3n) is 3.59. The Hall–Kier alpha value is -1.81. The number of hydrogen-bond acceptors (Lipinski definition) is 3. The Morgan fingerprint density at radius 2 is 1.95 bits per heavy atom. The molecule has 0 N–H and O–H groups in total. The number of nitrogens with zero attached hydrogens (tertiary/aromatic N) is 2. The molecular weight excluding hydrogens is 252 g/mol. The second-order valence-electron chi connectivity index (χ2n) is 4.96. The molecule has 0 aliphatic heterocycles. The van der Waals surface area contributed by atoms with Gasteiger partial charge in [0.15, 0.2) is 0 Å². The Labute approximate surface area is 120 Å². The van der Waals surface area contributed by atoms with Crippen LogP contribution in [0.25, 0.3) is 11.3 Å². The Bertz CT molecular complexity index is 603. The molecule has 0 bridgehead atoms. The van der Waals surface area contributed by atoms with Crippen LogP contribution in [0.15, 0.2) is 18.2 Å². The molecule has 108 valence electrons. The quantitative estimate of drug-likeness (QED) is 0.841. The molecule has 0 saturated heterocycles. The number of ether oxygens (including phenoxy) is 2. The van der Waals surface area contributed by atoms with Crippen molar-refractivity contribution >= 4 is 0 Å². The van der Waals surface area contributed by atoms with E-state index in [-0.39, 0.29) is 0 Å². The minimum atomic E-state index is 0.703. The average molecular weight is 274 g/mol. The highest BCUT2D eigenvalue weighted by Gasteiger charge is 2.16. The van der Waals surface area contributed by atoms with Crippen molar-refractivity contribution in [3.05, 3.63) is 35.0 Å². The summed E-state index contributed by atoms with van der Waals surface area (Å²) < 4.78 is 12.4. The van der Waals surface area contributed by atoms with Crippen molar-refractivity contribution < 1.29 is 9.47 Å². The fraction of sp³-hybridized carbons (Fsp3) is 0.438. The van der Waals surface area contributed by atoms with E-state index in [1.165, 1.54) is 22.4 Å². The number of hydrogen-bond donors (Lipinski definition) is 0. The smallest absolute Gasteiger partial charge is 0.119 e. The van der Waals surface area contributed by atoms with Gasteiger partial charge in [0.25, 0.3) is 0 Å². The molecule has 0 aliphatic carbocycles. The summed E-state index contributed by atoms with van der Waals surface area (Å²) >= 11 is 0. The van der Waals surface area contributed by atoms with Crippen molar-refractivity contribution in [3.8, 4) is 17.0 Å². The van der Waals surface area contributed by atoms with E-state index in [0.29, 0.717) is 6.61 Å². The average Bonchev–Trinajstić information content (AvgIpc) is 2.70. The molecule has 1 aromatic carbocycles. The fourth-order valence-corrected chi connectivity index (χ4v) is 2.57. The van der Waals surface area contributed by atoms with Crippen molar-refractivity contribution in [1.29, 1.82) is 0 Å². The SMILES string of the molecule is COCCc1c(C)nn(C)c1-c1ccc(OC)cc1C. The van der Waals surface area contributed by atoms with Crippen LogP contribution < -0.4 is 4.74 Å². The first-order valence-corrected chi connectivity index (χ1v) is 6.75. The van der Waals surface area contributed by atoms with E-state index in [9.17, 15) is 0 Å². The summed E-state index contributed by atoms with van der Waals surface area (Å²) in [5.74, 6) is 0.878. The number of methoxy groups -OCH3 is 2. The molecule has 4 nitrogen and oxygen atoms in total. The lowest BCUT2D eigenvalue weighted by atomic mass is 9.99. The van der Waals surface area contributed by atoms with Crippen LogP contribution in [0, 0.1) is 13.8 Å². The molecule has 0 spiro atoms. The summed E-state index contributed by atoms with van der Waals surface area (Å²) in [5.41, 5.74) is 5.86. The van der Waals surface area contributed by atoms with Crippen LogP contribution in [0.1, 0.15) is 16.8 Å². The fourth-order valence-electron chi connectivity index (χ4n) is 2.57. The third kappa shape index (κ3) is 2.70. The molecule has 0 unspecified atom stereocenters. The molecular formula is C16H22N2O2. The molecule has 0 amide bonds. The van der Waals surface area contributed by atoms with Gasteiger partial charge in [0, 0.05) is 25.3 Å². The maximum atomic E-state index is 5.27. The van der Waals surface area contributed by atoms with Crippen molar-refractivity contribution in [3.63, 3.8) is 0 Å². The van der Waals surface area contributed by atoms with E-state index in [4.69, 9.17) is 9.47 Å². The van der Waals surface area contributed by atoms with Gasteiger partial charge in [0.2, 0.25) is 0 Å². The van der Waals surface area contributed by atoms with Gasteiger partial charge in [-0.3, -0.25) is 4.68 Å². The van der Waals surface area contributed by atoms with Gasteiger partial charge >= 0.3 is 0 Å². The van der Waals surface area contributed by atoms with Crippen LogP contribution in [0.5, 0.6) is 5.75 Å². The van der Waals surface area contributed by atoms with Crippen molar-refractivity contribution in [2.75, 3.05) is 20.8 Å². The Kier molecular flexibility index (Phi) is 4.45. The predicted molar refractivity (Wildman–Crippen MR) is 80.3 cm³/mol. The Morgan fingerprint density at radius 1 is 1.20 bits per heavy atom. The second kappa shape index (κ2) is 6.09. The van der Waals surface area contributed by atoms with Gasteiger partial charge in [-0.15, -0.1) is 0 Å². The van der Waals surface area contributed by atoms with Gasteiger partial charge in [-0.05, 0) is 44.0 Å². The molecule has 0 saturated carbocycles. The van der Waals surface area contributed by atoms with Crippen LogP contribution in [0.2, 0.25) is 0 Å². The van der Waals surface area contributed by atoms with Crippen LogP contribution in [0.4, 0.5) is 0 Å².